The molecule has 0 spiro atoms. The molecular formula is C18H16O6. The zero-order valence-corrected chi connectivity index (χ0v) is 13.3. The Morgan fingerprint density at radius 3 is 2.71 bits per heavy atom. The Labute approximate surface area is 138 Å². The molecule has 0 fully saturated rings. The number of allylic oxidation sites excluding steroid dienone is 2. The summed E-state index contributed by atoms with van der Waals surface area (Å²) >= 11 is 0. The van der Waals surface area contributed by atoms with Gasteiger partial charge in [0.05, 0.1) is 13.7 Å². The zero-order valence-electron chi connectivity index (χ0n) is 13.3. The lowest BCUT2D eigenvalue weighted by atomic mass is 9.85. The molecule has 0 saturated heterocycles. The first kappa shape index (κ1) is 16.0. The summed E-state index contributed by atoms with van der Waals surface area (Å²) in [6.45, 7) is 1.60. The number of rotatable bonds is 3. The number of benzene rings is 1. The van der Waals surface area contributed by atoms with Crippen molar-refractivity contribution in [2.24, 2.45) is 5.92 Å². The SMILES string of the molecule is COC1=CC(=O)C([C@@H]2COc3cc(OC(C)=O)ccc3C2)=CC1=O. The number of carbonyl (C=O) groups excluding carboxylic acids is 3. The molecule has 1 aliphatic heterocycles. The molecule has 6 heteroatoms. The average Bonchev–Trinajstić information content (AvgIpc) is 2.55. The zero-order chi connectivity index (χ0) is 17.3. The van der Waals surface area contributed by atoms with Crippen LogP contribution in [0.15, 0.2) is 41.7 Å². The number of carbonyl (C=O) groups is 3. The highest BCUT2D eigenvalue weighted by atomic mass is 16.5. The van der Waals surface area contributed by atoms with Gasteiger partial charge in [0.2, 0.25) is 5.78 Å². The van der Waals surface area contributed by atoms with Gasteiger partial charge in [-0.05, 0) is 24.1 Å². The number of ether oxygens (including phenoxy) is 3. The lowest BCUT2D eigenvalue weighted by molar-refractivity contribution is -0.131. The van der Waals surface area contributed by atoms with Crippen molar-refractivity contribution in [2.45, 2.75) is 13.3 Å². The van der Waals surface area contributed by atoms with E-state index < -0.39 is 5.97 Å². The normalized spacial score (nSPS) is 19.7. The van der Waals surface area contributed by atoms with Gasteiger partial charge in [-0.15, -0.1) is 0 Å². The van der Waals surface area contributed by atoms with Gasteiger partial charge in [-0.3, -0.25) is 14.4 Å². The third-order valence-corrected chi connectivity index (χ3v) is 3.94. The van der Waals surface area contributed by atoms with Gasteiger partial charge < -0.3 is 14.2 Å². The fourth-order valence-corrected chi connectivity index (χ4v) is 2.82. The van der Waals surface area contributed by atoms with Gasteiger partial charge in [-0.2, -0.15) is 0 Å². The summed E-state index contributed by atoms with van der Waals surface area (Å²) in [5.41, 5.74) is 1.32. The van der Waals surface area contributed by atoms with E-state index in [1.165, 1.54) is 26.2 Å². The van der Waals surface area contributed by atoms with Crippen molar-refractivity contribution in [3.63, 3.8) is 0 Å². The van der Waals surface area contributed by atoms with E-state index in [0.29, 0.717) is 23.5 Å². The maximum atomic E-state index is 12.2. The van der Waals surface area contributed by atoms with Crippen LogP contribution in [0.3, 0.4) is 0 Å². The van der Waals surface area contributed by atoms with Gasteiger partial charge >= 0.3 is 5.97 Å². The Hall–Kier alpha value is -2.89. The third kappa shape index (κ3) is 3.08. The summed E-state index contributed by atoms with van der Waals surface area (Å²) < 4.78 is 15.6. The van der Waals surface area contributed by atoms with Crippen LogP contribution in [0, 0.1) is 5.92 Å². The molecule has 6 nitrogen and oxygen atoms in total. The predicted octanol–water partition coefficient (Wildman–Crippen LogP) is 1.77. The minimum atomic E-state index is -0.402. The largest absolute Gasteiger partial charge is 0.493 e. The van der Waals surface area contributed by atoms with E-state index in [9.17, 15) is 14.4 Å². The van der Waals surface area contributed by atoms with Crippen LogP contribution in [0.4, 0.5) is 0 Å². The Kier molecular flexibility index (Phi) is 4.20. The predicted molar refractivity (Wildman–Crippen MR) is 83.6 cm³/mol. The molecule has 0 N–H and O–H groups in total. The summed E-state index contributed by atoms with van der Waals surface area (Å²) in [7, 11) is 1.36. The van der Waals surface area contributed by atoms with Crippen LogP contribution in [0.1, 0.15) is 12.5 Å². The van der Waals surface area contributed by atoms with Crippen molar-refractivity contribution in [1.29, 1.82) is 0 Å². The maximum absolute atomic E-state index is 12.2. The van der Waals surface area contributed by atoms with Crippen molar-refractivity contribution in [2.75, 3.05) is 13.7 Å². The van der Waals surface area contributed by atoms with Crippen molar-refractivity contribution in [3.05, 3.63) is 47.2 Å². The van der Waals surface area contributed by atoms with Gasteiger partial charge in [0.25, 0.3) is 0 Å². The Bertz CT molecular complexity index is 787. The van der Waals surface area contributed by atoms with Gasteiger partial charge in [0.1, 0.15) is 11.5 Å². The fraction of sp³-hybridized carbons (Fsp3) is 0.278. The number of hydrogen-bond donors (Lipinski definition) is 0. The lowest BCUT2D eigenvalue weighted by Gasteiger charge is -2.27. The molecule has 3 rings (SSSR count). The number of fused-ring (bicyclic) bond motifs is 1. The molecule has 1 heterocycles. The standard InChI is InChI=1S/C18H16O6/c1-10(19)24-13-4-3-11-5-12(9-23-17(11)6-13)14-7-16(21)18(22-2)8-15(14)20/h3-4,6-8,12H,5,9H2,1-2H3/t12-/m0/s1. The van der Waals surface area contributed by atoms with E-state index in [2.05, 4.69) is 0 Å². The highest BCUT2D eigenvalue weighted by Gasteiger charge is 2.30. The van der Waals surface area contributed by atoms with Crippen molar-refractivity contribution >= 4 is 17.5 Å². The minimum absolute atomic E-state index is 0.0481. The van der Waals surface area contributed by atoms with Crippen LogP contribution < -0.4 is 9.47 Å². The van der Waals surface area contributed by atoms with Crippen LogP contribution in [0.25, 0.3) is 0 Å². The van der Waals surface area contributed by atoms with Crippen LogP contribution in [0.2, 0.25) is 0 Å². The summed E-state index contributed by atoms with van der Waals surface area (Å²) in [6.07, 6.45) is 3.11. The number of methoxy groups -OCH3 is 1. The minimum Gasteiger partial charge on any atom is -0.493 e. The second-order valence-electron chi connectivity index (χ2n) is 5.62. The van der Waals surface area contributed by atoms with E-state index in [1.807, 2.05) is 0 Å². The van der Waals surface area contributed by atoms with E-state index >= 15 is 0 Å². The first-order valence-electron chi connectivity index (χ1n) is 7.48. The molecule has 0 bridgehead atoms. The molecule has 1 aliphatic carbocycles. The van der Waals surface area contributed by atoms with Crippen molar-refractivity contribution in [3.8, 4) is 11.5 Å². The number of hydrogen-bond acceptors (Lipinski definition) is 6. The topological polar surface area (TPSA) is 78.9 Å². The summed E-state index contributed by atoms with van der Waals surface area (Å²) in [5.74, 6) is -0.0807. The summed E-state index contributed by atoms with van der Waals surface area (Å²) in [6, 6.07) is 5.13. The third-order valence-electron chi connectivity index (χ3n) is 3.94. The molecular weight excluding hydrogens is 312 g/mol. The first-order valence-corrected chi connectivity index (χ1v) is 7.48. The van der Waals surface area contributed by atoms with Gasteiger partial charge in [-0.1, -0.05) is 6.07 Å². The molecule has 24 heavy (non-hydrogen) atoms. The second kappa shape index (κ2) is 6.31. The maximum Gasteiger partial charge on any atom is 0.308 e. The Morgan fingerprint density at radius 1 is 1.21 bits per heavy atom. The van der Waals surface area contributed by atoms with Gasteiger partial charge in [0.15, 0.2) is 11.5 Å². The highest BCUT2D eigenvalue weighted by Crippen LogP contribution is 2.34. The highest BCUT2D eigenvalue weighted by molar-refractivity contribution is 6.19. The van der Waals surface area contributed by atoms with E-state index in [1.54, 1.807) is 18.2 Å². The van der Waals surface area contributed by atoms with Crippen molar-refractivity contribution in [1.82, 2.24) is 0 Å². The van der Waals surface area contributed by atoms with Crippen LogP contribution in [0.5, 0.6) is 11.5 Å². The smallest absolute Gasteiger partial charge is 0.308 e. The summed E-state index contributed by atoms with van der Waals surface area (Å²) in [5, 5.41) is 0. The van der Waals surface area contributed by atoms with E-state index in [-0.39, 0.29) is 29.9 Å². The Balaban J connectivity index is 1.80. The molecule has 0 unspecified atom stereocenters. The van der Waals surface area contributed by atoms with Crippen molar-refractivity contribution < 1.29 is 28.6 Å². The molecule has 1 aromatic rings. The van der Waals surface area contributed by atoms with E-state index in [4.69, 9.17) is 14.2 Å². The summed E-state index contributed by atoms with van der Waals surface area (Å²) in [4.78, 5) is 35.1. The van der Waals surface area contributed by atoms with Crippen LogP contribution in [-0.2, 0) is 25.5 Å². The molecule has 0 saturated carbocycles. The molecule has 0 aromatic heterocycles. The Morgan fingerprint density at radius 2 is 2.00 bits per heavy atom. The second-order valence-corrected chi connectivity index (χ2v) is 5.62. The van der Waals surface area contributed by atoms with E-state index in [0.717, 1.165) is 5.56 Å². The average molecular weight is 328 g/mol. The first-order chi connectivity index (χ1) is 11.5. The quantitative estimate of drug-likeness (QED) is 0.478. The van der Waals surface area contributed by atoms with Gasteiger partial charge in [-0.25, -0.2) is 0 Å². The molecule has 0 radical (unpaired) electrons. The number of ketones is 2. The van der Waals surface area contributed by atoms with Gasteiger partial charge in [0, 0.05) is 30.6 Å². The molecule has 2 aliphatic rings. The molecule has 124 valence electrons. The monoisotopic (exact) mass is 328 g/mol. The molecule has 0 amide bonds. The van der Waals surface area contributed by atoms with Crippen LogP contribution >= 0.6 is 0 Å². The lowest BCUT2D eigenvalue weighted by Crippen LogP contribution is -2.28. The fourth-order valence-electron chi connectivity index (χ4n) is 2.82. The molecule has 1 aromatic carbocycles. The van der Waals surface area contributed by atoms with Crippen LogP contribution in [-0.4, -0.2) is 31.3 Å². The number of esters is 1. The molecule has 1 atom stereocenters.